The predicted octanol–water partition coefficient (Wildman–Crippen LogP) is 3.90. The van der Waals surface area contributed by atoms with E-state index in [0.717, 1.165) is 42.0 Å². The fourth-order valence-electron chi connectivity index (χ4n) is 3.30. The van der Waals surface area contributed by atoms with Crippen LogP contribution in [0.3, 0.4) is 0 Å². The van der Waals surface area contributed by atoms with E-state index in [9.17, 15) is 4.79 Å². The van der Waals surface area contributed by atoms with Crippen LogP contribution >= 0.6 is 0 Å². The van der Waals surface area contributed by atoms with Crippen LogP contribution in [0.25, 0.3) is 10.8 Å². The predicted molar refractivity (Wildman–Crippen MR) is 92.0 cm³/mol. The summed E-state index contributed by atoms with van der Waals surface area (Å²) in [7, 11) is 0. The molecule has 1 aliphatic heterocycles. The Hall–Kier alpha value is -1.87. The van der Waals surface area contributed by atoms with E-state index in [2.05, 4.69) is 35.3 Å². The molecule has 1 atom stereocenters. The van der Waals surface area contributed by atoms with Gasteiger partial charge in [-0.25, -0.2) is 0 Å². The van der Waals surface area contributed by atoms with Crippen LogP contribution in [0.2, 0.25) is 0 Å². The maximum absolute atomic E-state index is 12.2. The molecule has 1 saturated heterocycles. The van der Waals surface area contributed by atoms with Crippen molar-refractivity contribution in [1.29, 1.82) is 0 Å². The zero-order valence-corrected chi connectivity index (χ0v) is 13.2. The number of hydrogen-bond acceptors (Lipinski definition) is 2. The average molecular weight is 296 g/mol. The molecular formula is C19H24N2O. The van der Waals surface area contributed by atoms with Crippen LogP contribution in [0.15, 0.2) is 42.5 Å². The van der Waals surface area contributed by atoms with Crippen molar-refractivity contribution in [1.82, 2.24) is 4.90 Å². The normalized spacial score (nSPS) is 19.2. The SMILES string of the molecule is CC1CCCN(CCC(=O)Nc2cccc3ccccc23)C1. The van der Waals surface area contributed by atoms with E-state index in [1.165, 1.54) is 12.8 Å². The van der Waals surface area contributed by atoms with Gasteiger partial charge < -0.3 is 10.2 Å². The monoisotopic (exact) mass is 296 g/mol. The molecule has 22 heavy (non-hydrogen) atoms. The molecule has 0 aliphatic carbocycles. The van der Waals surface area contributed by atoms with E-state index in [4.69, 9.17) is 0 Å². The summed E-state index contributed by atoms with van der Waals surface area (Å²) < 4.78 is 0. The maximum Gasteiger partial charge on any atom is 0.225 e. The number of nitrogens with zero attached hydrogens (tertiary/aromatic N) is 1. The minimum absolute atomic E-state index is 0.106. The highest BCUT2D eigenvalue weighted by atomic mass is 16.1. The highest BCUT2D eigenvalue weighted by Gasteiger charge is 2.16. The first-order valence-electron chi connectivity index (χ1n) is 8.22. The van der Waals surface area contributed by atoms with Crippen LogP contribution in [0.5, 0.6) is 0 Å². The van der Waals surface area contributed by atoms with Crippen molar-refractivity contribution >= 4 is 22.4 Å². The summed E-state index contributed by atoms with van der Waals surface area (Å²) in [5.41, 5.74) is 0.912. The second-order valence-electron chi connectivity index (χ2n) is 6.37. The molecule has 116 valence electrons. The van der Waals surface area contributed by atoms with Crippen molar-refractivity contribution in [3.8, 4) is 0 Å². The Bertz CT molecular complexity index is 647. The van der Waals surface area contributed by atoms with Gasteiger partial charge in [-0.1, -0.05) is 43.3 Å². The van der Waals surface area contributed by atoms with Gasteiger partial charge in [0.25, 0.3) is 0 Å². The van der Waals surface area contributed by atoms with Gasteiger partial charge in [0.1, 0.15) is 0 Å². The van der Waals surface area contributed by atoms with E-state index >= 15 is 0 Å². The van der Waals surface area contributed by atoms with Crippen LogP contribution in [0, 0.1) is 5.92 Å². The topological polar surface area (TPSA) is 32.3 Å². The highest BCUT2D eigenvalue weighted by Crippen LogP contribution is 2.23. The first-order chi connectivity index (χ1) is 10.7. The lowest BCUT2D eigenvalue weighted by molar-refractivity contribution is -0.116. The molecule has 1 fully saturated rings. The Morgan fingerprint density at radius 1 is 1.23 bits per heavy atom. The van der Waals surface area contributed by atoms with Gasteiger partial charge in [0.05, 0.1) is 0 Å². The van der Waals surface area contributed by atoms with E-state index in [1.54, 1.807) is 0 Å². The van der Waals surface area contributed by atoms with Crippen molar-refractivity contribution in [2.24, 2.45) is 5.92 Å². The van der Waals surface area contributed by atoms with Gasteiger partial charge in [0.2, 0.25) is 5.91 Å². The molecule has 1 aliphatic rings. The van der Waals surface area contributed by atoms with Crippen LogP contribution in [0.1, 0.15) is 26.2 Å². The third-order valence-corrected chi connectivity index (χ3v) is 4.46. The third-order valence-electron chi connectivity index (χ3n) is 4.46. The minimum Gasteiger partial charge on any atom is -0.325 e. The van der Waals surface area contributed by atoms with Crippen LogP contribution in [-0.2, 0) is 4.79 Å². The summed E-state index contributed by atoms with van der Waals surface area (Å²) in [6.07, 6.45) is 3.14. The summed E-state index contributed by atoms with van der Waals surface area (Å²) in [5.74, 6) is 0.865. The van der Waals surface area contributed by atoms with E-state index in [1.807, 2.05) is 24.3 Å². The van der Waals surface area contributed by atoms with Gasteiger partial charge in [0, 0.05) is 30.6 Å². The zero-order chi connectivity index (χ0) is 15.4. The van der Waals surface area contributed by atoms with Crippen LogP contribution in [-0.4, -0.2) is 30.4 Å². The molecule has 3 heteroatoms. The molecule has 0 spiro atoms. The van der Waals surface area contributed by atoms with Gasteiger partial charge in [-0.15, -0.1) is 0 Å². The van der Waals surface area contributed by atoms with Gasteiger partial charge in [-0.3, -0.25) is 4.79 Å². The minimum atomic E-state index is 0.106. The molecule has 3 nitrogen and oxygen atoms in total. The fraction of sp³-hybridized carbons (Fsp3) is 0.421. The van der Waals surface area contributed by atoms with Crippen LogP contribution < -0.4 is 5.32 Å². The van der Waals surface area contributed by atoms with Crippen molar-refractivity contribution in [3.63, 3.8) is 0 Å². The second-order valence-corrected chi connectivity index (χ2v) is 6.37. The molecule has 2 aromatic carbocycles. The molecule has 3 rings (SSSR count). The zero-order valence-electron chi connectivity index (χ0n) is 13.2. The lowest BCUT2D eigenvalue weighted by Gasteiger charge is -2.30. The molecule has 1 unspecified atom stereocenters. The number of hydrogen-bond donors (Lipinski definition) is 1. The van der Waals surface area contributed by atoms with Crippen molar-refractivity contribution in [2.75, 3.05) is 25.0 Å². The third kappa shape index (κ3) is 3.66. The number of anilines is 1. The number of fused-ring (bicyclic) bond motifs is 1. The van der Waals surface area contributed by atoms with E-state index in [0.29, 0.717) is 6.42 Å². The number of benzene rings is 2. The quantitative estimate of drug-likeness (QED) is 0.928. The summed E-state index contributed by atoms with van der Waals surface area (Å²) in [6, 6.07) is 14.2. The number of amides is 1. The van der Waals surface area contributed by atoms with Crippen LogP contribution in [0.4, 0.5) is 5.69 Å². The molecule has 0 radical (unpaired) electrons. The Balaban J connectivity index is 1.59. The number of carbonyl (C=O) groups is 1. The molecule has 0 saturated carbocycles. The standard InChI is InChI=1S/C19H24N2O/c1-15-6-5-12-21(14-15)13-11-19(22)20-18-10-4-8-16-7-2-3-9-17(16)18/h2-4,7-10,15H,5-6,11-14H2,1H3,(H,20,22). The summed E-state index contributed by atoms with van der Waals surface area (Å²) in [6.45, 7) is 5.41. The first kappa shape index (κ1) is 15.0. The lowest BCUT2D eigenvalue weighted by atomic mass is 10.0. The van der Waals surface area contributed by atoms with Gasteiger partial charge in [0.15, 0.2) is 0 Å². The molecule has 1 N–H and O–H groups in total. The number of piperidine rings is 1. The summed E-state index contributed by atoms with van der Waals surface area (Å²) in [5, 5.41) is 5.33. The Kier molecular flexibility index (Phi) is 4.74. The molecular weight excluding hydrogens is 272 g/mol. The van der Waals surface area contributed by atoms with E-state index in [-0.39, 0.29) is 5.91 Å². The molecule has 0 bridgehead atoms. The lowest BCUT2D eigenvalue weighted by Crippen LogP contribution is -2.36. The van der Waals surface area contributed by atoms with Gasteiger partial charge in [-0.2, -0.15) is 0 Å². The van der Waals surface area contributed by atoms with Crippen molar-refractivity contribution in [2.45, 2.75) is 26.2 Å². The van der Waals surface area contributed by atoms with E-state index < -0.39 is 0 Å². The van der Waals surface area contributed by atoms with Crippen molar-refractivity contribution < 1.29 is 4.79 Å². The smallest absolute Gasteiger partial charge is 0.225 e. The Labute approximate surface area is 132 Å². The Morgan fingerprint density at radius 3 is 2.91 bits per heavy atom. The average Bonchev–Trinajstić information content (AvgIpc) is 2.53. The first-order valence-corrected chi connectivity index (χ1v) is 8.22. The summed E-state index contributed by atoms with van der Waals surface area (Å²) >= 11 is 0. The maximum atomic E-state index is 12.2. The second kappa shape index (κ2) is 6.93. The Morgan fingerprint density at radius 2 is 2.05 bits per heavy atom. The number of rotatable bonds is 4. The van der Waals surface area contributed by atoms with Crippen molar-refractivity contribution in [3.05, 3.63) is 42.5 Å². The van der Waals surface area contributed by atoms with Gasteiger partial charge in [-0.05, 0) is 36.8 Å². The largest absolute Gasteiger partial charge is 0.325 e. The number of carbonyl (C=O) groups excluding carboxylic acids is 1. The number of nitrogens with one attached hydrogen (secondary N) is 1. The molecule has 0 aromatic heterocycles. The fourth-order valence-corrected chi connectivity index (χ4v) is 3.30. The highest BCUT2D eigenvalue weighted by molar-refractivity contribution is 6.02. The van der Waals surface area contributed by atoms with Gasteiger partial charge >= 0.3 is 0 Å². The molecule has 1 amide bonds. The molecule has 1 heterocycles. The number of likely N-dealkylation sites (tertiary alicyclic amines) is 1. The summed E-state index contributed by atoms with van der Waals surface area (Å²) in [4.78, 5) is 14.7. The molecule has 2 aromatic rings.